The lowest BCUT2D eigenvalue weighted by molar-refractivity contribution is -0.259. The van der Waals surface area contributed by atoms with Crippen molar-refractivity contribution in [3.8, 4) is 0 Å². The minimum atomic E-state index is -4.41. The minimum absolute atomic E-state index is 0.120. The van der Waals surface area contributed by atoms with Gasteiger partial charge in [-0.25, -0.2) is 0 Å². The Kier molecular flexibility index (Phi) is 4.28. The first kappa shape index (κ1) is 15.2. The van der Waals surface area contributed by atoms with E-state index in [1.165, 1.54) is 19.1 Å². The van der Waals surface area contributed by atoms with Crippen molar-refractivity contribution in [2.24, 2.45) is 0 Å². The van der Waals surface area contributed by atoms with Crippen LogP contribution in [0.1, 0.15) is 18.9 Å². The molecular weight excluding hydrogens is 257 g/mol. The molecule has 0 saturated heterocycles. The summed E-state index contributed by atoms with van der Waals surface area (Å²) in [6.45, 7) is 6.82. The fourth-order valence-electron chi connectivity index (χ4n) is 1.99. The highest BCUT2D eigenvalue weighted by atomic mass is 28.4. The van der Waals surface area contributed by atoms with Gasteiger partial charge in [-0.05, 0) is 31.6 Å². The molecule has 0 saturated carbocycles. The van der Waals surface area contributed by atoms with E-state index in [1.807, 2.05) is 0 Å². The fourth-order valence-corrected chi connectivity index (χ4v) is 3.41. The predicted octanol–water partition coefficient (Wildman–Crippen LogP) is 4.71. The minimum Gasteiger partial charge on any atom is -0.400 e. The quantitative estimate of drug-likeness (QED) is 0.724. The maximum Gasteiger partial charge on any atom is 0.420 e. The third-order valence-electron chi connectivity index (χ3n) is 2.68. The molecule has 0 N–H and O–H groups in total. The Balaban J connectivity index is 3.33. The second-order valence-electron chi connectivity index (χ2n) is 5.26. The summed E-state index contributed by atoms with van der Waals surface area (Å²) >= 11 is 0. The van der Waals surface area contributed by atoms with Crippen LogP contribution in [-0.2, 0) is 10.0 Å². The molecule has 0 spiro atoms. The van der Waals surface area contributed by atoms with Gasteiger partial charge in [0.15, 0.2) is 13.9 Å². The van der Waals surface area contributed by atoms with Gasteiger partial charge < -0.3 is 4.43 Å². The Hall–Kier alpha value is -0.813. The third kappa shape index (κ3) is 3.14. The van der Waals surface area contributed by atoms with Crippen molar-refractivity contribution >= 4 is 8.32 Å². The maximum atomic E-state index is 13.5. The molecule has 0 aromatic heterocycles. The molecule has 1 nitrogen and oxygen atoms in total. The van der Waals surface area contributed by atoms with Crippen molar-refractivity contribution in [3.63, 3.8) is 0 Å². The van der Waals surface area contributed by atoms with Crippen LogP contribution in [0.15, 0.2) is 30.3 Å². The number of hydrogen-bond donors (Lipinski definition) is 0. The van der Waals surface area contributed by atoms with E-state index in [9.17, 15) is 13.2 Å². The number of halogens is 3. The van der Waals surface area contributed by atoms with Gasteiger partial charge in [0.25, 0.3) is 0 Å². The van der Waals surface area contributed by atoms with Crippen LogP contribution >= 0.6 is 0 Å². The lowest BCUT2D eigenvalue weighted by Gasteiger charge is -2.40. The highest BCUT2D eigenvalue weighted by Crippen LogP contribution is 2.46. The molecule has 0 heterocycles. The molecule has 0 amide bonds. The van der Waals surface area contributed by atoms with E-state index in [1.54, 1.807) is 37.8 Å². The maximum absolute atomic E-state index is 13.5. The second-order valence-corrected chi connectivity index (χ2v) is 9.69. The average molecular weight is 276 g/mol. The van der Waals surface area contributed by atoms with Crippen molar-refractivity contribution in [3.05, 3.63) is 35.9 Å². The van der Waals surface area contributed by atoms with Gasteiger partial charge in [0, 0.05) is 0 Å². The molecule has 0 aliphatic heterocycles. The van der Waals surface area contributed by atoms with Crippen LogP contribution in [-0.4, -0.2) is 14.5 Å². The predicted molar refractivity (Wildman–Crippen MR) is 68.9 cm³/mol. The van der Waals surface area contributed by atoms with E-state index in [4.69, 9.17) is 4.43 Å². The average Bonchev–Trinajstić information content (AvgIpc) is 2.24. The molecule has 0 aliphatic rings. The van der Waals surface area contributed by atoms with Crippen LogP contribution in [0.4, 0.5) is 13.2 Å². The van der Waals surface area contributed by atoms with E-state index in [-0.39, 0.29) is 12.0 Å². The van der Waals surface area contributed by atoms with Gasteiger partial charge in [0.05, 0.1) is 0 Å². The van der Waals surface area contributed by atoms with Gasteiger partial charge in [0.1, 0.15) is 0 Å². The Bertz CT molecular complexity index is 383. The number of rotatable bonds is 4. The van der Waals surface area contributed by atoms with E-state index >= 15 is 0 Å². The summed E-state index contributed by atoms with van der Waals surface area (Å²) in [6, 6.07) is 7.89. The Labute approximate surface area is 107 Å². The Morgan fingerprint density at radius 1 is 1.06 bits per heavy atom. The standard InChI is InChI=1S/C13H19F3OSi/c1-5-12(13(14,15)16,17-18(2,3)4)11-9-7-6-8-10-11/h6-10H,5H2,1-4H3. The van der Waals surface area contributed by atoms with E-state index in [0.717, 1.165) is 0 Å². The van der Waals surface area contributed by atoms with Gasteiger partial charge in [-0.15, -0.1) is 0 Å². The summed E-state index contributed by atoms with van der Waals surface area (Å²) < 4.78 is 46.0. The zero-order valence-corrected chi connectivity index (χ0v) is 12.1. The molecule has 1 aromatic rings. The summed E-state index contributed by atoms with van der Waals surface area (Å²) in [6.07, 6.45) is -4.53. The lowest BCUT2D eigenvalue weighted by atomic mass is 9.90. The van der Waals surface area contributed by atoms with Gasteiger partial charge in [0.2, 0.25) is 0 Å². The van der Waals surface area contributed by atoms with Crippen LogP contribution in [0.25, 0.3) is 0 Å². The summed E-state index contributed by atoms with van der Waals surface area (Å²) in [4.78, 5) is 0. The monoisotopic (exact) mass is 276 g/mol. The van der Waals surface area contributed by atoms with Gasteiger partial charge in [-0.3, -0.25) is 0 Å². The summed E-state index contributed by atoms with van der Waals surface area (Å²) in [7, 11) is -2.33. The molecule has 0 radical (unpaired) electrons. The second kappa shape index (κ2) is 5.05. The largest absolute Gasteiger partial charge is 0.420 e. The summed E-state index contributed by atoms with van der Waals surface area (Å²) in [5.41, 5.74) is -2.00. The smallest absolute Gasteiger partial charge is 0.400 e. The van der Waals surface area contributed by atoms with Crippen LogP contribution < -0.4 is 0 Å². The number of hydrogen-bond acceptors (Lipinski definition) is 1. The van der Waals surface area contributed by atoms with Gasteiger partial charge in [-0.2, -0.15) is 13.2 Å². The molecule has 0 aliphatic carbocycles. The summed E-state index contributed by atoms with van der Waals surface area (Å²) in [5.74, 6) is 0. The molecule has 1 aromatic carbocycles. The first-order chi connectivity index (χ1) is 8.12. The normalized spacial score (nSPS) is 16.4. The number of alkyl halides is 3. The Morgan fingerprint density at radius 2 is 1.56 bits per heavy atom. The molecule has 1 atom stereocenters. The highest BCUT2D eigenvalue weighted by molar-refractivity contribution is 6.69. The van der Waals surface area contributed by atoms with Gasteiger partial charge in [-0.1, -0.05) is 37.3 Å². The van der Waals surface area contributed by atoms with Crippen LogP contribution in [0.3, 0.4) is 0 Å². The van der Waals surface area contributed by atoms with Crippen LogP contribution in [0.5, 0.6) is 0 Å². The fraction of sp³-hybridized carbons (Fsp3) is 0.538. The molecule has 0 fully saturated rings. The van der Waals surface area contributed by atoms with Crippen molar-refractivity contribution in [1.82, 2.24) is 0 Å². The molecule has 18 heavy (non-hydrogen) atoms. The van der Waals surface area contributed by atoms with E-state index in [0.29, 0.717) is 0 Å². The molecule has 5 heteroatoms. The zero-order valence-electron chi connectivity index (χ0n) is 11.1. The Morgan fingerprint density at radius 3 is 1.89 bits per heavy atom. The van der Waals surface area contributed by atoms with E-state index in [2.05, 4.69) is 0 Å². The van der Waals surface area contributed by atoms with Crippen molar-refractivity contribution in [2.75, 3.05) is 0 Å². The van der Waals surface area contributed by atoms with Crippen LogP contribution in [0, 0.1) is 0 Å². The SMILES string of the molecule is CCC(O[Si](C)(C)C)(c1ccccc1)C(F)(F)F. The number of benzene rings is 1. The van der Waals surface area contributed by atoms with Crippen molar-refractivity contribution < 1.29 is 17.6 Å². The van der Waals surface area contributed by atoms with E-state index < -0.39 is 20.1 Å². The molecule has 1 unspecified atom stereocenters. The van der Waals surface area contributed by atoms with Crippen molar-refractivity contribution in [2.45, 2.75) is 44.8 Å². The topological polar surface area (TPSA) is 9.23 Å². The molecule has 0 bridgehead atoms. The first-order valence-electron chi connectivity index (χ1n) is 5.95. The van der Waals surface area contributed by atoms with Gasteiger partial charge >= 0.3 is 6.18 Å². The molecule has 1 rings (SSSR count). The zero-order chi connectivity index (χ0) is 14.0. The third-order valence-corrected chi connectivity index (χ3v) is 3.64. The molecule has 102 valence electrons. The molecular formula is C13H19F3OSi. The summed E-state index contributed by atoms with van der Waals surface area (Å²) in [5, 5.41) is 0. The first-order valence-corrected chi connectivity index (χ1v) is 9.35. The van der Waals surface area contributed by atoms with Crippen molar-refractivity contribution in [1.29, 1.82) is 0 Å². The van der Waals surface area contributed by atoms with Crippen LogP contribution in [0.2, 0.25) is 19.6 Å². The highest BCUT2D eigenvalue weighted by Gasteiger charge is 2.57. The lowest BCUT2D eigenvalue weighted by Crippen LogP contribution is -2.50.